The zero-order valence-corrected chi connectivity index (χ0v) is 20.1. The van der Waals surface area contributed by atoms with Crippen molar-refractivity contribution in [1.82, 2.24) is 0 Å². The number of halogens is 1. The van der Waals surface area contributed by atoms with Gasteiger partial charge in [-0.3, -0.25) is 14.5 Å². The van der Waals surface area contributed by atoms with Crippen molar-refractivity contribution in [2.24, 2.45) is 0 Å². The van der Waals surface area contributed by atoms with Gasteiger partial charge in [-0.1, -0.05) is 60.1 Å². The third kappa shape index (κ3) is 4.18. The number of carbonyl (C=O) groups is 2. The molecule has 168 valence electrons. The number of amides is 1. The molecule has 3 aromatic carbocycles. The number of hydrogen-bond acceptors (Lipinski definition) is 4. The molecule has 0 saturated carbocycles. The Balaban J connectivity index is 1.93. The molecular weight excluding hydrogens is 482 g/mol. The molecule has 4 rings (SSSR count). The van der Waals surface area contributed by atoms with Crippen LogP contribution in [-0.2, 0) is 9.59 Å². The van der Waals surface area contributed by atoms with Gasteiger partial charge in [0, 0.05) is 15.7 Å². The summed E-state index contributed by atoms with van der Waals surface area (Å²) in [6.07, 6.45) is 0. The van der Waals surface area contributed by atoms with Crippen molar-refractivity contribution in [3.63, 3.8) is 0 Å². The van der Waals surface area contributed by atoms with Gasteiger partial charge in [-0.2, -0.15) is 0 Å². The van der Waals surface area contributed by atoms with Gasteiger partial charge in [0.25, 0.3) is 11.7 Å². The lowest BCUT2D eigenvalue weighted by Gasteiger charge is -2.26. The molecule has 1 atom stereocenters. The summed E-state index contributed by atoms with van der Waals surface area (Å²) in [5.41, 5.74) is 3.48. The number of aromatic hydroxyl groups is 1. The van der Waals surface area contributed by atoms with Crippen LogP contribution in [0.25, 0.3) is 5.76 Å². The Bertz CT molecular complexity index is 1280. The van der Waals surface area contributed by atoms with E-state index in [-0.39, 0.29) is 17.1 Å². The van der Waals surface area contributed by atoms with E-state index in [0.29, 0.717) is 22.7 Å². The van der Waals surface area contributed by atoms with E-state index in [4.69, 9.17) is 0 Å². The molecule has 1 amide bonds. The van der Waals surface area contributed by atoms with E-state index >= 15 is 0 Å². The van der Waals surface area contributed by atoms with E-state index in [2.05, 4.69) is 29.8 Å². The van der Waals surface area contributed by atoms with Gasteiger partial charge in [-0.15, -0.1) is 0 Å². The van der Waals surface area contributed by atoms with Crippen molar-refractivity contribution < 1.29 is 19.8 Å². The highest BCUT2D eigenvalue weighted by atomic mass is 79.9. The van der Waals surface area contributed by atoms with E-state index in [1.165, 1.54) is 17.0 Å². The first-order chi connectivity index (χ1) is 15.7. The topological polar surface area (TPSA) is 77.8 Å². The van der Waals surface area contributed by atoms with Crippen LogP contribution in [0.2, 0.25) is 0 Å². The standard InChI is InChI=1S/C27H24BrNO4/c1-15(2)17-7-10-20(11-8-17)29-24(18-5-4-6-21(30)14-18)23(26(32)27(29)33)25(31)19-9-12-22(28)16(3)13-19/h4-15,24,30-31H,1-3H3/b25-23-. The zero-order valence-electron chi connectivity index (χ0n) is 18.5. The van der Waals surface area contributed by atoms with Crippen LogP contribution < -0.4 is 4.90 Å². The molecule has 0 aromatic heterocycles. The maximum Gasteiger partial charge on any atom is 0.300 e. The minimum atomic E-state index is -0.883. The second-order valence-corrected chi connectivity index (χ2v) is 9.33. The highest BCUT2D eigenvalue weighted by Crippen LogP contribution is 2.43. The number of rotatable bonds is 4. The Morgan fingerprint density at radius 3 is 2.30 bits per heavy atom. The Morgan fingerprint density at radius 1 is 1.00 bits per heavy atom. The first-order valence-electron chi connectivity index (χ1n) is 10.7. The fourth-order valence-electron chi connectivity index (χ4n) is 4.08. The molecule has 0 bridgehead atoms. The highest BCUT2D eigenvalue weighted by molar-refractivity contribution is 9.10. The highest BCUT2D eigenvalue weighted by Gasteiger charge is 2.47. The molecule has 1 heterocycles. The van der Waals surface area contributed by atoms with Crippen LogP contribution in [0.5, 0.6) is 5.75 Å². The predicted molar refractivity (Wildman–Crippen MR) is 132 cm³/mol. The number of aliphatic hydroxyl groups excluding tert-OH is 1. The van der Waals surface area contributed by atoms with E-state index in [1.54, 1.807) is 42.5 Å². The monoisotopic (exact) mass is 505 g/mol. The van der Waals surface area contributed by atoms with Crippen LogP contribution >= 0.6 is 15.9 Å². The van der Waals surface area contributed by atoms with Crippen molar-refractivity contribution in [3.05, 3.63) is 99.0 Å². The van der Waals surface area contributed by atoms with Crippen LogP contribution in [0, 0.1) is 6.92 Å². The normalized spacial score (nSPS) is 17.7. The maximum atomic E-state index is 13.2. The van der Waals surface area contributed by atoms with Crippen LogP contribution in [0.4, 0.5) is 5.69 Å². The zero-order chi connectivity index (χ0) is 23.9. The molecule has 5 nitrogen and oxygen atoms in total. The largest absolute Gasteiger partial charge is 0.508 e. The summed E-state index contributed by atoms with van der Waals surface area (Å²) < 4.78 is 0.870. The fraction of sp³-hybridized carbons (Fsp3) is 0.185. The number of phenols is 1. The Morgan fingerprint density at radius 2 is 1.70 bits per heavy atom. The number of phenolic OH excluding ortho intramolecular Hbond substituents is 1. The third-order valence-electron chi connectivity index (χ3n) is 5.90. The van der Waals surface area contributed by atoms with E-state index < -0.39 is 17.7 Å². The number of nitrogens with zero attached hydrogens (tertiary/aromatic N) is 1. The molecule has 1 aliphatic heterocycles. The summed E-state index contributed by atoms with van der Waals surface area (Å²) in [6.45, 7) is 6.03. The minimum Gasteiger partial charge on any atom is -0.508 e. The average Bonchev–Trinajstić information content (AvgIpc) is 3.06. The smallest absolute Gasteiger partial charge is 0.300 e. The lowest BCUT2D eigenvalue weighted by Crippen LogP contribution is -2.29. The van der Waals surface area contributed by atoms with Gasteiger partial charge >= 0.3 is 0 Å². The number of Topliss-reactive ketones (excluding diaryl/α,β-unsaturated/α-hetero) is 1. The molecule has 1 saturated heterocycles. The first-order valence-corrected chi connectivity index (χ1v) is 11.4. The van der Waals surface area contributed by atoms with Gasteiger partial charge in [0.1, 0.15) is 11.5 Å². The van der Waals surface area contributed by atoms with Crippen LogP contribution in [0.15, 0.2) is 76.8 Å². The fourth-order valence-corrected chi connectivity index (χ4v) is 4.32. The average molecular weight is 506 g/mol. The number of benzene rings is 3. The SMILES string of the molecule is Cc1cc(/C(O)=C2/C(=O)C(=O)N(c3ccc(C(C)C)cc3)C2c2cccc(O)c2)ccc1Br. The first kappa shape index (κ1) is 22.8. The summed E-state index contributed by atoms with van der Waals surface area (Å²) in [5, 5.41) is 21.3. The summed E-state index contributed by atoms with van der Waals surface area (Å²) >= 11 is 3.44. The molecule has 3 aromatic rings. The number of carbonyl (C=O) groups excluding carboxylic acids is 2. The predicted octanol–water partition coefficient (Wildman–Crippen LogP) is 6.21. The lowest BCUT2D eigenvalue weighted by atomic mass is 9.94. The molecular formula is C27H24BrNO4. The second kappa shape index (κ2) is 8.87. The van der Waals surface area contributed by atoms with Crippen molar-refractivity contribution in [3.8, 4) is 5.75 Å². The molecule has 0 aliphatic carbocycles. The van der Waals surface area contributed by atoms with Gasteiger partial charge in [-0.25, -0.2) is 0 Å². The van der Waals surface area contributed by atoms with Gasteiger partial charge in [0.15, 0.2) is 0 Å². The number of ketones is 1. The van der Waals surface area contributed by atoms with Gasteiger partial charge < -0.3 is 10.2 Å². The molecule has 0 radical (unpaired) electrons. The summed E-state index contributed by atoms with van der Waals surface area (Å²) in [6, 6.07) is 18.2. The van der Waals surface area contributed by atoms with Crippen molar-refractivity contribution in [2.75, 3.05) is 4.90 Å². The van der Waals surface area contributed by atoms with Crippen molar-refractivity contribution in [2.45, 2.75) is 32.7 Å². The molecule has 0 spiro atoms. The molecule has 2 N–H and O–H groups in total. The molecule has 1 unspecified atom stereocenters. The second-order valence-electron chi connectivity index (χ2n) is 8.47. The van der Waals surface area contributed by atoms with Gasteiger partial charge in [0.2, 0.25) is 0 Å². The summed E-state index contributed by atoms with van der Waals surface area (Å²) in [7, 11) is 0. The Hall–Kier alpha value is -3.38. The van der Waals surface area contributed by atoms with Crippen LogP contribution in [0.3, 0.4) is 0 Å². The molecule has 1 aliphatic rings. The van der Waals surface area contributed by atoms with Gasteiger partial charge in [0.05, 0.1) is 11.6 Å². The summed E-state index contributed by atoms with van der Waals surface area (Å²) in [4.78, 5) is 27.8. The van der Waals surface area contributed by atoms with E-state index in [1.807, 2.05) is 19.1 Å². The van der Waals surface area contributed by atoms with Gasteiger partial charge in [-0.05, 0) is 65.9 Å². The third-order valence-corrected chi connectivity index (χ3v) is 6.79. The Kier molecular flexibility index (Phi) is 6.13. The molecule has 1 fully saturated rings. The lowest BCUT2D eigenvalue weighted by molar-refractivity contribution is -0.132. The summed E-state index contributed by atoms with van der Waals surface area (Å²) in [5.74, 6) is -1.42. The quantitative estimate of drug-likeness (QED) is 0.251. The number of aliphatic hydroxyl groups is 1. The minimum absolute atomic E-state index is 0.00716. The van der Waals surface area contributed by atoms with Crippen molar-refractivity contribution >= 4 is 39.1 Å². The number of aryl methyl sites for hydroxylation is 1. The number of anilines is 1. The molecule has 33 heavy (non-hydrogen) atoms. The Labute approximate surface area is 201 Å². The molecule has 6 heteroatoms. The van der Waals surface area contributed by atoms with Crippen LogP contribution in [-0.4, -0.2) is 21.9 Å². The maximum absolute atomic E-state index is 13.2. The number of hydrogen-bond donors (Lipinski definition) is 2. The van der Waals surface area contributed by atoms with E-state index in [0.717, 1.165) is 15.6 Å². The van der Waals surface area contributed by atoms with Crippen LogP contribution in [0.1, 0.15) is 48.1 Å². The van der Waals surface area contributed by atoms with E-state index in [9.17, 15) is 19.8 Å². The van der Waals surface area contributed by atoms with Crippen molar-refractivity contribution in [1.29, 1.82) is 0 Å².